The standard InChI is InChI=1S/C21H29N5O2/c1-16-4-5-19(22-11-16)21(27)6-8-26(9-7-21)15-17-12-23-20(24-13-17)25-14-18-3-2-10-28-18/h4-5,11-13,18,27H,2-3,6-10,14-15H2,1H3,(H,23,24,25)/t18-/m1/s1. The van der Waals surface area contributed by atoms with Crippen molar-refractivity contribution in [1.82, 2.24) is 19.9 Å². The average Bonchev–Trinajstić information content (AvgIpc) is 3.23. The van der Waals surface area contributed by atoms with Gasteiger partial charge in [0.15, 0.2) is 0 Å². The highest BCUT2D eigenvalue weighted by Crippen LogP contribution is 2.32. The molecule has 0 aliphatic carbocycles. The number of nitrogens with zero attached hydrogens (tertiary/aromatic N) is 4. The predicted octanol–water partition coefficient (Wildman–Crippen LogP) is 2.25. The fraction of sp³-hybridized carbons (Fsp3) is 0.571. The number of rotatable bonds is 6. The molecule has 2 fully saturated rings. The van der Waals surface area contributed by atoms with Crippen LogP contribution in [0.4, 0.5) is 5.95 Å². The lowest BCUT2D eigenvalue weighted by atomic mass is 9.87. The Labute approximate surface area is 166 Å². The second kappa shape index (κ2) is 8.51. The Morgan fingerprint density at radius 2 is 1.96 bits per heavy atom. The minimum Gasteiger partial charge on any atom is -0.383 e. The molecule has 4 heterocycles. The molecule has 2 aliphatic rings. The summed E-state index contributed by atoms with van der Waals surface area (Å²) in [5.74, 6) is 0.651. The van der Waals surface area contributed by atoms with Gasteiger partial charge < -0.3 is 15.2 Å². The Morgan fingerprint density at radius 3 is 2.61 bits per heavy atom. The zero-order chi connectivity index (χ0) is 19.4. The van der Waals surface area contributed by atoms with Crippen molar-refractivity contribution in [2.75, 3.05) is 31.6 Å². The number of ether oxygens (including phenoxy) is 1. The highest BCUT2D eigenvalue weighted by atomic mass is 16.5. The molecule has 4 rings (SSSR count). The SMILES string of the molecule is Cc1ccc(C2(O)CCN(Cc3cnc(NC[C@H]4CCCO4)nc3)CC2)nc1. The third kappa shape index (κ3) is 4.66. The van der Waals surface area contributed by atoms with Crippen LogP contribution < -0.4 is 5.32 Å². The molecule has 150 valence electrons. The molecule has 0 aromatic carbocycles. The summed E-state index contributed by atoms with van der Waals surface area (Å²) in [6, 6.07) is 3.96. The molecule has 0 spiro atoms. The quantitative estimate of drug-likeness (QED) is 0.791. The molecule has 7 heteroatoms. The van der Waals surface area contributed by atoms with Crippen LogP contribution in [0.3, 0.4) is 0 Å². The van der Waals surface area contributed by atoms with Gasteiger partial charge in [-0.3, -0.25) is 9.88 Å². The first kappa shape index (κ1) is 19.2. The van der Waals surface area contributed by atoms with Crippen molar-refractivity contribution in [1.29, 1.82) is 0 Å². The zero-order valence-corrected chi connectivity index (χ0v) is 16.5. The number of piperidine rings is 1. The van der Waals surface area contributed by atoms with Crippen LogP contribution in [0.25, 0.3) is 0 Å². The van der Waals surface area contributed by atoms with E-state index in [1.807, 2.05) is 37.6 Å². The maximum Gasteiger partial charge on any atom is 0.222 e. The number of aliphatic hydroxyl groups is 1. The molecule has 0 bridgehead atoms. The molecule has 28 heavy (non-hydrogen) atoms. The first-order valence-electron chi connectivity index (χ1n) is 10.1. The highest BCUT2D eigenvalue weighted by molar-refractivity contribution is 5.25. The Morgan fingerprint density at radius 1 is 1.18 bits per heavy atom. The third-order valence-corrected chi connectivity index (χ3v) is 5.69. The molecule has 2 aromatic heterocycles. The van der Waals surface area contributed by atoms with Gasteiger partial charge in [-0.15, -0.1) is 0 Å². The number of likely N-dealkylation sites (tertiary alicyclic amines) is 1. The Balaban J connectivity index is 1.26. The molecule has 2 saturated heterocycles. The molecular weight excluding hydrogens is 354 g/mol. The number of nitrogens with one attached hydrogen (secondary N) is 1. The Hall–Kier alpha value is -2.09. The Bertz CT molecular complexity index is 751. The summed E-state index contributed by atoms with van der Waals surface area (Å²) in [4.78, 5) is 15.6. The van der Waals surface area contributed by atoms with Gasteiger partial charge in [-0.25, -0.2) is 9.97 Å². The van der Waals surface area contributed by atoms with Crippen molar-refractivity contribution < 1.29 is 9.84 Å². The molecule has 2 N–H and O–H groups in total. The molecule has 0 unspecified atom stereocenters. The molecule has 0 radical (unpaired) electrons. The van der Waals surface area contributed by atoms with Crippen LogP contribution in [0.5, 0.6) is 0 Å². The van der Waals surface area contributed by atoms with E-state index in [0.29, 0.717) is 18.8 Å². The third-order valence-electron chi connectivity index (χ3n) is 5.69. The normalized spacial score (nSPS) is 22.3. The number of pyridine rings is 1. The van der Waals surface area contributed by atoms with Crippen molar-refractivity contribution in [2.45, 2.75) is 50.9 Å². The number of hydrogen-bond acceptors (Lipinski definition) is 7. The van der Waals surface area contributed by atoms with E-state index in [4.69, 9.17) is 4.74 Å². The molecular formula is C21H29N5O2. The number of anilines is 1. The monoisotopic (exact) mass is 383 g/mol. The first-order chi connectivity index (χ1) is 13.6. The smallest absolute Gasteiger partial charge is 0.222 e. The molecule has 0 saturated carbocycles. The number of aromatic nitrogens is 3. The lowest BCUT2D eigenvalue weighted by Crippen LogP contribution is -2.42. The minimum absolute atomic E-state index is 0.276. The Kier molecular flexibility index (Phi) is 5.85. The van der Waals surface area contributed by atoms with Gasteiger partial charge in [0.05, 0.1) is 11.8 Å². The molecule has 2 aromatic rings. The van der Waals surface area contributed by atoms with Crippen molar-refractivity contribution in [3.8, 4) is 0 Å². The van der Waals surface area contributed by atoms with Gasteiger partial charge in [-0.2, -0.15) is 0 Å². The molecule has 0 amide bonds. The molecule has 7 nitrogen and oxygen atoms in total. The fourth-order valence-electron chi connectivity index (χ4n) is 3.88. The summed E-state index contributed by atoms with van der Waals surface area (Å²) in [6.07, 6.45) is 9.47. The predicted molar refractivity (Wildman–Crippen MR) is 107 cm³/mol. The van der Waals surface area contributed by atoms with Gasteiger partial charge in [-0.05, 0) is 44.2 Å². The molecule has 2 aliphatic heterocycles. The van der Waals surface area contributed by atoms with E-state index in [9.17, 15) is 5.11 Å². The van der Waals surface area contributed by atoms with Crippen molar-refractivity contribution in [3.05, 3.63) is 47.5 Å². The lowest BCUT2D eigenvalue weighted by Gasteiger charge is -2.37. The van der Waals surface area contributed by atoms with Gasteiger partial charge in [-0.1, -0.05) is 6.07 Å². The van der Waals surface area contributed by atoms with Crippen LogP contribution in [0.2, 0.25) is 0 Å². The van der Waals surface area contributed by atoms with Crippen LogP contribution in [0, 0.1) is 6.92 Å². The van der Waals surface area contributed by atoms with Gasteiger partial charge >= 0.3 is 0 Å². The van der Waals surface area contributed by atoms with Crippen molar-refractivity contribution >= 4 is 5.95 Å². The maximum absolute atomic E-state index is 11.0. The van der Waals surface area contributed by atoms with Gasteiger partial charge in [0, 0.05) is 56.9 Å². The minimum atomic E-state index is -0.823. The summed E-state index contributed by atoms with van der Waals surface area (Å²) < 4.78 is 5.60. The van der Waals surface area contributed by atoms with Gasteiger partial charge in [0.1, 0.15) is 5.60 Å². The van der Waals surface area contributed by atoms with E-state index in [1.165, 1.54) is 0 Å². The van der Waals surface area contributed by atoms with Crippen LogP contribution in [-0.4, -0.2) is 57.3 Å². The van der Waals surface area contributed by atoms with E-state index in [1.54, 1.807) is 0 Å². The highest BCUT2D eigenvalue weighted by Gasteiger charge is 2.35. The van der Waals surface area contributed by atoms with Crippen LogP contribution in [-0.2, 0) is 16.9 Å². The maximum atomic E-state index is 11.0. The first-order valence-corrected chi connectivity index (χ1v) is 10.1. The zero-order valence-electron chi connectivity index (χ0n) is 16.5. The summed E-state index contributed by atoms with van der Waals surface area (Å²) in [5.41, 5.74) is 2.15. The largest absolute Gasteiger partial charge is 0.383 e. The van der Waals surface area contributed by atoms with E-state index in [0.717, 1.165) is 62.4 Å². The lowest BCUT2D eigenvalue weighted by molar-refractivity contribution is -0.0311. The number of aryl methyl sites for hydroxylation is 1. The summed E-state index contributed by atoms with van der Waals surface area (Å²) in [5, 5.41) is 14.2. The van der Waals surface area contributed by atoms with E-state index < -0.39 is 5.60 Å². The second-order valence-electron chi connectivity index (χ2n) is 7.96. The average molecular weight is 383 g/mol. The molecule has 1 atom stereocenters. The second-order valence-corrected chi connectivity index (χ2v) is 7.96. The van der Waals surface area contributed by atoms with Crippen molar-refractivity contribution in [2.24, 2.45) is 0 Å². The van der Waals surface area contributed by atoms with E-state index in [2.05, 4.69) is 25.2 Å². The summed E-state index contributed by atoms with van der Waals surface area (Å²) in [6.45, 7) is 6.07. The fourth-order valence-corrected chi connectivity index (χ4v) is 3.88. The van der Waals surface area contributed by atoms with Crippen LogP contribution in [0.15, 0.2) is 30.7 Å². The van der Waals surface area contributed by atoms with E-state index in [-0.39, 0.29) is 6.10 Å². The van der Waals surface area contributed by atoms with Crippen LogP contribution in [0.1, 0.15) is 42.5 Å². The van der Waals surface area contributed by atoms with Crippen LogP contribution >= 0.6 is 0 Å². The van der Waals surface area contributed by atoms with Crippen molar-refractivity contribution in [3.63, 3.8) is 0 Å². The summed E-state index contributed by atoms with van der Waals surface area (Å²) in [7, 11) is 0. The van der Waals surface area contributed by atoms with E-state index >= 15 is 0 Å². The number of hydrogen-bond donors (Lipinski definition) is 2. The summed E-state index contributed by atoms with van der Waals surface area (Å²) >= 11 is 0. The van der Waals surface area contributed by atoms with Gasteiger partial charge in [0.25, 0.3) is 0 Å². The topological polar surface area (TPSA) is 83.4 Å². The van der Waals surface area contributed by atoms with Gasteiger partial charge in [0.2, 0.25) is 5.95 Å².